The van der Waals surface area contributed by atoms with Crippen LogP contribution < -0.4 is 0 Å². The van der Waals surface area contributed by atoms with E-state index in [-0.39, 0.29) is 18.0 Å². The van der Waals surface area contributed by atoms with Gasteiger partial charge in [0.05, 0.1) is 24.0 Å². The molecule has 198 valence electrons. The second-order valence-corrected chi connectivity index (χ2v) is 10.6. The van der Waals surface area contributed by atoms with Crippen LogP contribution in [0.15, 0.2) is 67.1 Å². The molecule has 6 rings (SSSR count). The van der Waals surface area contributed by atoms with Crippen molar-refractivity contribution in [2.75, 3.05) is 13.1 Å². The van der Waals surface area contributed by atoms with Crippen molar-refractivity contribution in [3.8, 4) is 0 Å². The van der Waals surface area contributed by atoms with Crippen LogP contribution in [0.25, 0.3) is 21.8 Å². The molecule has 8 nitrogen and oxygen atoms in total. The highest BCUT2D eigenvalue weighted by atomic mass is 16.1. The quantitative estimate of drug-likeness (QED) is 0.270. The minimum Gasteiger partial charge on any atom is -0.342 e. The number of Topliss-reactive ketones (excluding diaryl/α,β-unsaturated/α-hetero) is 2. The Morgan fingerprint density at radius 2 is 1.92 bits per heavy atom. The normalized spacial score (nSPS) is 16.2. The summed E-state index contributed by atoms with van der Waals surface area (Å²) in [4.78, 5) is 45.5. The maximum atomic E-state index is 13.3. The van der Waals surface area contributed by atoms with Crippen molar-refractivity contribution >= 4 is 33.4 Å². The second-order valence-electron chi connectivity index (χ2n) is 10.6. The Labute approximate surface area is 227 Å². The van der Waals surface area contributed by atoms with Crippen LogP contribution >= 0.6 is 0 Å². The number of aromatic amines is 1. The summed E-state index contributed by atoms with van der Waals surface area (Å²) in [5.74, 6) is 2.09. The molecule has 1 aliphatic heterocycles. The van der Waals surface area contributed by atoms with Gasteiger partial charge in [-0.2, -0.15) is 0 Å². The summed E-state index contributed by atoms with van der Waals surface area (Å²) in [6.07, 6.45) is 9.27. The maximum absolute atomic E-state index is 13.3. The molecule has 0 amide bonds. The van der Waals surface area contributed by atoms with Gasteiger partial charge in [0.15, 0.2) is 11.6 Å². The third-order valence-electron chi connectivity index (χ3n) is 7.78. The number of nitrogens with zero attached hydrogens (tertiary/aromatic N) is 5. The highest BCUT2D eigenvalue weighted by Gasteiger charge is 2.23. The van der Waals surface area contributed by atoms with Crippen LogP contribution in [0.3, 0.4) is 0 Å². The van der Waals surface area contributed by atoms with Crippen molar-refractivity contribution in [2.24, 2.45) is 13.0 Å². The molecular formula is C31H32N6O2. The summed E-state index contributed by atoms with van der Waals surface area (Å²) in [5.41, 5.74) is 2.44. The van der Waals surface area contributed by atoms with Gasteiger partial charge in [-0.15, -0.1) is 0 Å². The number of piperidine rings is 1. The van der Waals surface area contributed by atoms with E-state index < -0.39 is 0 Å². The van der Waals surface area contributed by atoms with Crippen molar-refractivity contribution in [2.45, 2.75) is 38.6 Å². The highest BCUT2D eigenvalue weighted by molar-refractivity contribution is 6.06. The van der Waals surface area contributed by atoms with E-state index in [9.17, 15) is 9.59 Å². The minimum absolute atomic E-state index is 0.0988. The smallest absolute Gasteiger partial charge is 0.188 e. The topological polar surface area (TPSA) is 96.8 Å². The Hall–Kier alpha value is -4.17. The van der Waals surface area contributed by atoms with E-state index in [0.717, 1.165) is 61.0 Å². The summed E-state index contributed by atoms with van der Waals surface area (Å²) in [7, 11) is 2.03. The van der Waals surface area contributed by atoms with Gasteiger partial charge < -0.3 is 9.55 Å². The van der Waals surface area contributed by atoms with E-state index >= 15 is 0 Å². The van der Waals surface area contributed by atoms with E-state index in [1.807, 2.05) is 68.0 Å². The lowest BCUT2D eigenvalue weighted by Crippen LogP contribution is -2.35. The van der Waals surface area contributed by atoms with E-state index in [4.69, 9.17) is 0 Å². The molecule has 1 N–H and O–H groups in total. The number of benzene rings is 2. The van der Waals surface area contributed by atoms with Gasteiger partial charge in [-0.25, -0.2) is 9.97 Å². The monoisotopic (exact) mass is 520 g/mol. The average Bonchev–Trinajstić information content (AvgIpc) is 3.56. The van der Waals surface area contributed by atoms with Gasteiger partial charge in [-0.3, -0.25) is 19.5 Å². The first-order chi connectivity index (χ1) is 19.0. The fourth-order valence-electron chi connectivity index (χ4n) is 5.62. The molecular weight excluding hydrogens is 488 g/mol. The molecule has 0 saturated carbocycles. The number of carbonyl (C=O) groups excluding carboxylic acids is 2. The molecule has 0 radical (unpaired) electrons. The molecule has 4 heterocycles. The SMILES string of the molecule is Cn1ccnc1CN1CCCC(CCC(=O)c2cccc3[nH]c(CC(=O)c4cc5ccccc5cn4)nc23)C1. The first kappa shape index (κ1) is 25.1. The van der Waals surface area contributed by atoms with Gasteiger partial charge >= 0.3 is 0 Å². The largest absolute Gasteiger partial charge is 0.342 e. The molecule has 1 fully saturated rings. The minimum atomic E-state index is -0.111. The fraction of sp³-hybridized carbons (Fsp3) is 0.323. The van der Waals surface area contributed by atoms with Crippen LogP contribution in [0.5, 0.6) is 0 Å². The van der Waals surface area contributed by atoms with Crippen LogP contribution in [0.4, 0.5) is 0 Å². The number of hydrogen-bond acceptors (Lipinski definition) is 6. The van der Waals surface area contributed by atoms with Crippen molar-refractivity contribution in [1.82, 2.24) is 29.4 Å². The van der Waals surface area contributed by atoms with Crippen molar-refractivity contribution in [3.05, 3.63) is 90.0 Å². The molecule has 0 aliphatic carbocycles. The number of pyridine rings is 1. The first-order valence-electron chi connectivity index (χ1n) is 13.6. The van der Waals surface area contributed by atoms with Gasteiger partial charge in [0, 0.05) is 49.6 Å². The van der Waals surface area contributed by atoms with Crippen molar-refractivity contribution < 1.29 is 9.59 Å². The molecule has 1 aliphatic rings. The predicted molar refractivity (Wildman–Crippen MR) is 151 cm³/mol. The summed E-state index contributed by atoms with van der Waals surface area (Å²) >= 11 is 0. The number of fused-ring (bicyclic) bond motifs is 2. The lowest BCUT2D eigenvalue weighted by molar-refractivity contribution is 0.0955. The van der Waals surface area contributed by atoms with Gasteiger partial charge in [0.2, 0.25) is 0 Å². The Morgan fingerprint density at radius 3 is 2.77 bits per heavy atom. The molecule has 0 bridgehead atoms. The number of nitrogens with one attached hydrogen (secondary N) is 1. The summed E-state index contributed by atoms with van der Waals surface area (Å²) in [6.45, 7) is 2.90. The molecule has 1 atom stereocenters. The number of para-hydroxylation sites is 1. The molecule has 1 unspecified atom stereocenters. The molecule has 0 spiro atoms. The number of carbonyl (C=O) groups is 2. The Morgan fingerprint density at radius 1 is 1.05 bits per heavy atom. The van der Waals surface area contributed by atoms with Crippen LogP contribution in [0.2, 0.25) is 0 Å². The van der Waals surface area contributed by atoms with Gasteiger partial charge in [-0.1, -0.05) is 30.3 Å². The summed E-state index contributed by atoms with van der Waals surface area (Å²) in [6, 6.07) is 15.3. The average molecular weight is 521 g/mol. The number of ketones is 2. The van der Waals surface area contributed by atoms with E-state index in [0.29, 0.717) is 34.9 Å². The predicted octanol–water partition coefficient (Wildman–Crippen LogP) is 5.15. The lowest BCUT2D eigenvalue weighted by Gasteiger charge is -2.32. The van der Waals surface area contributed by atoms with Gasteiger partial charge in [0.1, 0.15) is 17.3 Å². The van der Waals surface area contributed by atoms with Crippen LogP contribution in [0.1, 0.15) is 58.2 Å². The molecule has 39 heavy (non-hydrogen) atoms. The van der Waals surface area contributed by atoms with E-state index in [2.05, 4.69) is 29.4 Å². The Bertz CT molecular complexity index is 1650. The number of imidazole rings is 2. The fourth-order valence-corrected chi connectivity index (χ4v) is 5.62. The lowest BCUT2D eigenvalue weighted by atomic mass is 9.91. The third-order valence-corrected chi connectivity index (χ3v) is 7.78. The van der Waals surface area contributed by atoms with E-state index in [1.165, 1.54) is 0 Å². The van der Waals surface area contributed by atoms with Crippen molar-refractivity contribution in [3.63, 3.8) is 0 Å². The highest BCUT2D eigenvalue weighted by Crippen LogP contribution is 2.25. The molecule has 5 aromatic rings. The van der Waals surface area contributed by atoms with Gasteiger partial charge in [0.25, 0.3) is 0 Å². The zero-order chi connectivity index (χ0) is 26.8. The number of rotatable bonds is 9. The standard InChI is InChI=1S/C31H32N6O2/c1-36-15-13-32-30(36)20-37-14-5-6-21(19-37)11-12-27(38)24-9-4-10-25-31(24)35-29(34-25)17-28(39)26-16-22-7-2-3-8-23(22)18-33-26/h2-4,7-10,13,15-16,18,21H,5-6,11-12,14,17,19-20H2,1H3,(H,34,35). The number of hydrogen-bond donors (Lipinski definition) is 1. The molecule has 1 saturated heterocycles. The second kappa shape index (κ2) is 10.9. The van der Waals surface area contributed by atoms with Crippen LogP contribution in [-0.2, 0) is 20.0 Å². The first-order valence-corrected chi connectivity index (χ1v) is 13.6. The summed E-state index contributed by atoms with van der Waals surface area (Å²) in [5, 5.41) is 1.97. The van der Waals surface area contributed by atoms with Crippen LogP contribution in [-0.4, -0.2) is 54.1 Å². The molecule has 3 aromatic heterocycles. The Balaban J connectivity index is 1.11. The molecule has 2 aromatic carbocycles. The zero-order valence-electron chi connectivity index (χ0n) is 22.1. The van der Waals surface area contributed by atoms with Gasteiger partial charge in [-0.05, 0) is 55.3 Å². The number of aryl methyl sites for hydroxylation is 1. The van der Waals surface area contributed by atoms with Crippen LogP contribution in [0, 0.1) is 5.92 Å². The number of aromatic nitrogens is 5. The molecule has 8 heteroatoms. The number of H-pyrrole nitrogens is 1. The Kier molecular flexibility index (Phi) is 7.02. The third kappa shape index (κ3) is 5.52. The zero-order valence-corrected chi connectivity index (χ0v) is 22.1. The van der Waals surface area contributed by atoms with E-state index in [1.54, 1.807) is 6.20 Å². The van der Waals surface area contributed by atoms with Crippen molar-refractivity contribution in [1.29, 1.82) is 0 Å². The maximum Gasteiger partial charge on any atom is 0.188 e. The number of likely N-dealkylation sites (tertiary alicyclic amines) is 1. The summed E-state index contributed by atoms with van der Waals surface area (Å²) < 4.78 is 2.07.